The summed E-state index contributed by atoms with van der Waals surface area (Å²) in [5, 5.41) is 3.26. The van der Waals surface area contributed by atoms with Gasteiger partial charge >= 0.3 is 0 Å². The van der Waals surface area contributed by atoms with Crippen molar-refractivity contribution in [2.24, 2.45) is 0 Å². The van der Waals surface area contributed by atoms with E-state index < -0.39 is 8.07 Å². The van der Waals surface area contributed by atoms with Crippen molar-refractivity contribution in [2.75, 3.05) is 0 Å². The summed E-state index contributed by atoms with van der Waals surface area (Å²) in [6.07, 6.45) is 9.58. The van der Waals surface area contributed by atoms with Gasteiger partial charge in [-0.05, 0) is 57.1 Å². The van der Waals surface area contributed by atoms with Crippen molar-refractivity contribution in [3.05, 3.63) is 69.8 Å². The summed E-state index contributed by atoms with van der Waals surface area (Å²) in [7, 11) is -1.85. The minimum absolute atomic E-state index is 0.518. The van der Waals surface area contributed by atoms with Crippen molar-refractivity contribution < 1.29 is 0 Å². The van der Waals surface area contributed by atoms with Gasteiger partial charge in [0.2, 0.25) is 0 Å². The molecule has 0 aromatic heterocycles. The molecular formula is C28H36Si. The SMILES string of the molecule is CC(C)c1ccc([Si](C)(C)c2ccc(C(C)C)c3c2C(C)C=C3)c2c1C=CC2C. The fourth-order valence-corrected chi connectivity index (χ4v) is 8.94. The summed E-state index contributed by atoms with van der Waals surface area (Å²) < 4.78 is 0. The van der Waals surface area contributed by atoms with Gasteiger partial charge in [0.25, 0.3) is 0 Å². The van der Waals surface area contributed by atoms with Crippen molar-refractivity contribution in [1.82, 2.24) is 0 Å². The van der Waals surface area contributed by atoms with Gasteiger partial charge < -0.3 is 0 Å². The molecule has 0 saturated heterocycles. The topological polar surface area (TPSA) is 0 Å². The minimum Gasteiger partial charge on any atom is -0.0767 e. The van der Waals surface area contributed by atoms with E-state index in [1.807, 2.05) is 0 Å². The maximum atomic E-state index is 2.57. The van der Waals surface area contributed by atoms with Crippen LogP contribution in [0.3, 0.4) is 0 Å². The van der Waals surface area contributed by atoms with Crippen LogP contribution in [0.25, 0.3) is 12.2 Å². The molecule has 0 N–H and O–H groups in total. The van der Waals surface area contributed by atoms with E-state index >= 15 is 0 Å². The molecule has 0 radical (unpaired) electrons. The third-order valence-corrected chi connectivity index (χ3v) is 10.8. The van der Waals surface area contributed by atoms with E-state index in [4.69, 9.17) is 0 Å². The van der Waals surface area contributed by atoms with Crippen LogP contribution in [0.5, 0.6) is 0 Å². The first kappa shape index (κ1) is 20.4. The van der Waals surface area contributed by atoms with E-state index in [1.165, 1.54) is 22.3 Å². The Balaban J connectivity index is 1.93. The molecule has 29 heavy (non-hydrogen) atoms. The quantitative estimate of drug-likeness (QED) is 0.484. The lowest BCUT2D eigenvalue weighted by molar-refractivity contribution is 0.858. The van der Waals surface area contributed by atoms with Crippen LogP contribution in [-0.2, 0) is 0 Å². The molecule has 0 spiro atoms. The van der Waals surface area contributed by atoms with Crippen molar-refractivity contribution in [3.63, 3.8) is 0 Å². The summed E-state index contributed by atoms with van der Waals surface area (Å²) >= 11 is 0. The zero-order chi connectivity index (χ0) is 21.1. The normalized spacial score (nSPS) is 20.1. The molecule has 0 nitrogen and oxygen atoms in total. The first-order chi connectivity index (χ1) is 13.6. The Hall–Kier alpha value is -1.86. The lowest BCUT2D eigenvalue weighted by Crippen LogP contribution is -2.56. The Morgan fingerprint density at radius 1 is 0.655 bits per heavy atom. The summed E-state index contributed by atoms with van der Waals surface area (Å²) in [6, 6.07) is 9.81. The molecule has 0 fully saturated rings. The summed E-state index contributed by atoms with van der Waals surface area (Å²) in [6.45, 7) is 19.2. The van der Waals surface area contributed by atoms with Crippen molar-refractivity contribution in [2.45, 2.75) is 78.3 Å². The van der Waals surface area contributed by atoms with Gasteiger partial charge in [-0.2, -0.15) is 0 Å². The fraction of sp³-hybridized carbons (Fsp3) is 0.429. The highest BCUT2D eigenvalue weighted by Crippen LogP contribution is 2.38. The van der Waals surface area contributed by atoms with Crippen molar-refractivity contribution in [3.8, 4) is 0 Å². The molecular weight excluding hydrogens is 364 g/mol. The standard InChI is InChI=1S/C28H36Si/c1-17(2)21-13-15-25(27-19(5)9-11-23(21)27)29(7,8)26-16-14-22(18(3)4)24-12-10-20(6)28(24)26/h9-20H,1-8H3. The first-order valence-electron chi connectivity index (χ1n) is 11.4. The van der Waals surface area contributed by atoms with Gasteiger partial charge in [0, 0.05) is 0 Å². The van der Waals surface area contributed by atoms with E-state index in [-0.39, 0.29) is 0 Å². The lowest BCUT2D eigenvalue weighted by Gasteiger charge is -2.32. The van der Waals surface area contributed by atoms with Gasteiger partial charge in [-0.15, -0.1) is 0 Å². The Morgan fingerprint density at radius 3 is 1.38 bits per heavy atom. The summed E-state index contributed by atoms with van der Waals surface area (Å²) in [5.41, 5.74) is 9.23. The molecule has 152 valence electrons. The zero-order valence-electron chi connectivity index (χ0n) is 19.4. The van der Waals surface area contributed by atoms with E-state index in [2.05, 4.69) is 103 Å². The Kier molecular flexibility index (Phi) is 5.02. The smallest absolute Gasteiger partial charge is 0.0767 e. The molecule has 0 saturated carbocycles. The molecule has 2 aliphatic carbocycles. The molecule has 2 unspecified atom stereocenters. The van der Waals surface area contributed by atoms with Crippen LogP contribution >= 0.6 is 0 Å². The second-order valence-corrected chi connectivity index (χ2v) is 14.6. The lowest BCUT2D eigenvalue weighted by atomic mass is 9.92. The first-order valence-corrected chi connectivity index (χ1v) is 14.4. The van der Waals surface area contributed by atoms with Gasteiger partial charge in [0.1, 0.15) is 8.07 Å². The van der Waals surface area contributed by atoms with Crippen LogP contribution in [0.1, 0.15) is 98.6 Å². The van der Waals surface area contributed by atoms with Crippen LogP contribution < -0.4 is 10.4 Å². The number of fused-ring (bicyclic) bond motifs is 2. The van der Waals surface area contributed by atoms with Crippen LogP contribution in [0, 0.1) is 0 Å². The highest BCUT2D eigenvalue weighted by atomic mass is 28.3. The van der Waals surface area contributed by atoms with Gasteiger partial charge in [-0.25, -0.2) is 0 Å². The maximum absolute atomic E-state index is 2.57. The minimum atomic E-state index is -1.85. The predicted octanol–water partition coefficient (Wildman–Crippen LogP) is 7.02. The van der Waals surface area contributed by atoms with Crippen molar-refractivity contribution in [1.29, 1.82) is 0 Å². The van der Waals surface area contributed by atoms with E-state index in [9.17, 15) is 0 Å². The molecule has 0 heterocycles. The van der Waals surface area contributed by atoms with E-state index in [1.54, 1.807) is 21.5 Å². The van der Waals surface area contributed by atoms with E-state index in [0.29, 0.717) is 23.7 Å². The number of benzene rings is 2. The van der Waals surface area contributed by atoms with Gasteiger partial charge in [0.05, 0.1) is 0 Å². The third kappa shape index (κ3) is 3.10. The number of hydrogen-bond acceptors (Lipinski definition) is 0. The highest BCUT2D eigenvalue weighted by molar-refractivity contribution is 7.01. The average Bonchev–Trinajstić information content (AvgIpc) is 3.24. The largest absolute Gasteiger partial charge is 0.113 e. The molecule has 1 heteroatoms. The van der Waals surface area contributed by atoms with Gasteiger partial charge in [-0.3, -0.25) is 0 Å². The second-order valence-electron chi connectivity index (χ2n) is 10.3. The molecule has 2 atom stereocenters. The molecule has 4 rings (SSSR count). The number of hydrogen-bond donors (Lipinski definition) is 0. The zero-order valence-corrected chi connectivity index (χ0v) is 20.4. The molecule has 0 amide bonds. The highest BCUT2D eigenvalue weighted by Gasteiger charge is 2.36. The second kappa shape index (κ2) is 7.13. The number of allylic oxidation sites excluding steroid dienone is 2. The van der Waals surface area contributed by atoms with Crippen LogP contribution in [0.15, 0.2) is 36.4 Å². The number of rotatable bonds is 4. The van der Waals surface area contributed by atoms with E-state index in [0.717, 1.165) is 0 Å². The van der Waals surface area contributed by atoms with Crippen LogP contribution in [-0.4, -0.2) is 8.07 Å². The Bertz CT molecular complexity index is 936. The van der Waals surface area contributed by atoms with Crippen LogP contribution in [0.4, 0.5) is 0 Å². The molecule has 2 aromatic carbocycles. The van der Waals surface area contributed by atoms with Gasteiger partial charge in [0.15, 0.2) is 0 Å². The summed E-state index contributed by atoms with van der Waals surface area (Å²) in [5.74, 6) is 2.17. The molecule has 0 bridgehead atoms. The fourth-order valence-electron chi connectivity index (χ4n) is 5.58. The van der Waals surface area contributed by atoms with Crippen LogP contribution in [0.2, 0.25) is 13.1 Å². The third-order valence-electron chi connectivity index (χ3n) is 7.25. The predicted molar refractivity (Wildman–Crippen MR) is 133 cm³/mol. The Labute approximate surface area is 178 Å². The molecule has 2 aromatic rings. The monoisotopic (exact) mass is 400 g/mol. The average molecular weight is 401 g/mol. The molecule has 0 aliphatic heterocycles. The maximum Gasteiger partial charge on any atom is 0.113 e. The van der Waals surface area contributed by atoms with Crippen molar-refractivity contribution >= 4 is 30.6 Å². The molecule has 2 aliphatic rings. The summed E-state index contributed by atoms with van der Waals surface area (Å²) in [4.78, 5) is 0. The Morgan fingerprint density at radius 2 is 1.03 bits per heavy atom. The van der Waals surface area contributed by atoms with Gasteiger partial charge in [-0.1, -0.05) is 114 Å².